The SMILES string of the molecule is CCNC(CN(CC)CCOC)c1cc(C)ccc1OC. The highest BCUT2D eigenvalue weighted by atomic mass is 16.5. The normalized spacial score (nSPS) is 12.7. The number of hydrogen-bond donors (Lipinski definition) is 1. The van der Waals surface area contributed by atoms with Gasteiger partial charge in [0.25, 0.3) is 0 Å². The number of ether oxygens (including phenoxy) is 2. The Morgan fingerprint density at radius 2 is 2.00 bits per heavy atom. The van der Waals surface area contributed by atoms with Gasteiger partial charge in [-0.05, 0) is 26.1 Å². The highest BCUT2D eigenvalue weighted by molar-refractivity contribution is 5.39. The zero-order valence-corrected chi connectivity index (χ0v) is 14.1. The molecule has 0 bridgehead atoms. The van der Waals surface area contributed by atoms with E-state index in [9.17, 15) is 0 Å². The Hall–Kier alpha value is -1.10. The molecule has 1 N–H and O–H groups in total. The number of nitrogens with one attached hydrogen (secondary N) is 1. The largest absolute Gasteiger partial charge is 0.496 e. The molecule has 0 amide bonds. The van der Waals surface area contributed by atoms with Crippen LogP contribution in [-0.4, -0.2) is 51.9 Å². The van der Waals surface area contributed by atoms with Gasteiger partial charge in [0, 0.05) is 31.8 Å². The second-order valence-corrected chi connectivity index (χ2v) is 5.24. The van der Waals surface area contributed by atoms with Gasteiger partial charge in [-0.1, -0.05) is 31.5 Å². The standard InChI is InChI=1S/C17H30N2O2/c1-6-18-16(13-19(7-2)10-11-20-4)15-12-14(3)8-9-17(15)21-5/h8-9,12,16,18H,6-7,10-11,13H2,1-5H3. The van der Waals surface area contributed by atoms with Crippen molar-refractivity contribution in [2.45, 2.75) is 26.8 Å². The van der Waals surface area contributed by atoms with Crippen molar-refractivity contribution in [1.29, 1.82) is 0 Å². The monoisotopic (exact) mass is 294 g/mol. The lowest BCUT2D eigenvalue weighted by Crippen LogP contribution is -2.37. The molecule has 0 radical (unpaired) electrons. The molecule has 0 saturated carbocycles. The molecule has 0 saturated heterocycles. The van der Waals surface area contributed by atoms with Crippen LogP contribution in [0.15, 0.2) is 18.2 Å². The third-order valence-corrected chi connectivity index (χ3v) is 3.71. The van der Waals surface area contributed by atoms with E-state index in [-0.39, 0.29) is 6.04 Å². The number of methoxy groups -OCH3 is 2. The molecule has 0 fully saturated rings. The lowest BCUT2D eigenvalue weighted by molar-refractivity contribution is 0.144. The molecule has 0 aromatic heterocycles. The Kier molecular flexibility index (Phi) is 8.35. The molecule has 1 atom stereocenters. The van der Waals surface area contributed by atoms with E-state index < -0.39 is 0 Å². The molecular formula is C17H30N2O2. The van der Waals surface area contributed by atoms with Gasteiger partial charge in [-0.3, -0.25) is 4.90 Å². The summed E-state index contributed by atoms with van der Waals surface area (Å²) in [5, 5.41) is 3.58. The molecule has 4 nitrogen and oxygen atoms in total. The minimum atomic E-state index is 0.265. The number of nitrogens with zero attached hydrogens (tertiary/aromatic N) is 1. The zero-order valence-electron chi connectivity index (χ0n) is 14.1. The Labute approximate surface area is 129 Å². The molecule has 1 aromatic rings. The van der Waals surface area contributed by atoms with Crippen molar-refractivity contribution in [2.24, 2.45) is 0 Å². The lowest BCUT2D eigenvalue weighted by Gasteiger charge is -2.28. The highest BCUT2D eigenvalue weighted by Gasteiger charge is 2.18. The fourth-order valence-electron chi connectivity index (χ4n) is 2.50. The van der Waals surface area contributed by atoms with Gasteiger partial charge in [-0.2, -0.15) is 0 Å². The summed E-state index contributed by atoms with van der Waals surface area (Å²) in [4.78, 5) is 2.40. The van der Waals surface area contributed by atoms with Crippen LogP contribution in [0, 0.1) is 6.92 Å². The topological polar surface area (TPSA) is 33.7 Å². The van der Waals surface area contributed by atoms with Crippen molar-refractivity contribution < 1.29 is 9.47 Å². The fraction of sp³-hybridized carbons (Fsp3) is 0.647. The average molecular weight is 294 g/mol. The maximum Gasteiger partial charge on any atom is 0.123 e. The summed E-state index contributed by atoms with van der Waals surface area (Å²) < 4.78 is 10.7. The van der Waals surface area contributed by atoms with E-state index in [1.165, 1.54) is 11.1 Å². The molecule has 0 aliphatic carbocycles. The van der Waals surface area contributed by atoms with Gasteiger partial charge in [0.1, 0.15) is 5.75 Å². The van der Waals surface area contributed by atoms with Crippen LogP contribution in [0.25, 0.3) is 0 Å². The van der Waals surface area contributed by atoms with Crippen LogP contribution >= 0.6 is 0 Å². The lowest BCUT2D eigenvalue weighted by atomic mass is 10.0. The molecule has 1 rings (SSSR count). The van der Waals surface area contributed by atoms with Crippen LogP contribution < -0.4 is 10.1 Å². The van der Waals surface area contributed by atoms with E-state index in [1.807, 2.05) is 0 Å². The first-order chi connectivity index (χ1) is 10.2. The number of likely N-dealkylation sites (N-methyl/N-ethyl adjacent to an activating group) is 2. The van der Waals surface area contributed by atoms with Crippen LogP contribution in [0.5, 0.6) is 5.75 Å². The van der Waals surface area contributed by atoms with Gasteiger partial charge in [-0.15, -0.1) is 0 Å². The predicted octanol–water partition coefficient (Wildman–Crippen LogP) is 2.62. The molecule has 120 valence electrons. The fourth-order valence-corrected chi connectivity index (χ4v) is 2.50. The van der Waals surface area contributed by atoms with Crippen LogP contribution in [0.3, 0.4) is 0 Å². The first-order valence-corrected chi connectivity index (χ1v) is 7.75. The Bertz CT molecular complexity index is 410. The summed E-state index contributed by atoms with van der Waals surface area (Å²) in [6.07, 6.45) is 0. The van der Waals surface area contributed by atoms with E-state index in [4.69, 9.17) is 9.47 Å². The first kappa shape index (κ1) is 18.0. The maximum absolute atomic E-state index is 5.54. The quantitative estimate of drug-likeness (QED) is 0.719. The van der Waals surface area contributed by atoms with E-state index in [1.54, 1.807) is 14.2 Å². The Morgan fingerprint density at radius 1 is 1.24 bits per heavy atom. The van der Waals surface area contributed by atoms with Crippen molar-refractivity contribution >= 4 is 0 Å². The number of rotatable bonds is 10. The third-order valence-electron chi connectivity index (χ3n) is 3.71. The summed E-state index contributed by atoms with van der Waals surface area (Å²) in [6.45, 7) is 11.1. The van der Waals surface area contributed by atoms with E-state index in [0.717, 1.165) is 38.5 Å². The van der Waals surface area contributed by atoms with Crippen LogP contribution in [0.4, 0.5) is 0 Å². The van der Waals surface area contributed by atoms with Gasteiger partial charge in [0.05, 0.1) is 13.7 Å². The van der Waals surface area contributed by atoms with Crippen LogP contribution in [-0.2, 0) is 4.74 Å². The first-order valence-electron chi connectivity index (χ1n) is 7.75. The van der Waals surface area contributed by atoms with Gasteiger partial charge in [0.15, 0.2) is 0 Å². The van der Waals surface area contributed by atoms with Crippen molar-refractivity contribution in [3.8, 4) is 5.75 Å². The number of benzene rings is 1. The van der Waals surface area contributed by atoms with E-state index >= 15 is 0 Å². The summed E-state index contributed by atoms with van der Waals surface area (Å²) in [5.41, 5.74) is 2.49. The summed E-state index contributed by atoms with van der Waals surface area (Å²) in [5.74, 6) is 0.953. The minimum Gasteiger partial charge on any atom is -0.496 e. The van der Waals surface area contributed by atoms with Crippen molar-refractivity contribution in [1.82, 2.24) is 10.2 Å². The Morgan fingerprint density at radius 3 is 2.57 bits per heavy atom. The van der Waals surface area contributed by atoms with Crippen molar-refractivity contribution in [2.75, 3.05) is 47.0 Å². The van der Waals surface area contributed by atoms with Gasteiger partial charge in [0.2, 0.25) is 0 Å². The molecule has 21 heavy (non-hydrogen) atoms. The summed E-state index contributed by atoms with van der Waals surface area (Å²) in [6, 6.07) is 6.63. The molecule has 1 unspecified atom stereocenters. The highest BCUT2D eigenvalue weighted by Crippen LogP contribution is 2.27. The summed E-state index contributed by atoms with van der Waals surface area (Å²) >= 11 is 0. The molecule has 0 aliphatic heterocycles. The van der Waals surface area contributed by atoms with E-state index in [0.29, 0.717) is 0 Å². The van der Waals surface area contributed by atoms with Gasteiger partial charge >= 0.3 is 0 Å². The number of hydrogen-bond acceptors (Lipinski definition) is 4. The molecule has 1 aromatic carbocycles. The maximum atomic E-state index is 5.54. The molecule has 4 heteroatoms. The molecular weight excluding hydrogens is 264 g/mol. The second-order valence-electron chi connectivity index (χ2n) is 5.24. The second kappa shape index (κ2) is 9.77. The number of aryl methyl sites for hydroxylation is 1. The van der Waals surface area contributed by atoms with Crippen LogP contribution in [0.1, 0.15) is 31.0 Å². The van der Waals surface area contributed by atoms with Crippen LogP contribution in [0.2, 0.25) is 0 Å². The molecule has 0 heterocycles. The van der Waals surface area contributed by atoms with Crippen molar-refractivity contribution in [3.63, 3.8) is 0 Å². The molecule has 0 aliphatic rings. The smallest absolute Gasteiger partial charge is 0.123 e. The zero-order chi connectivity index (χ0) is 15.7. The van der Waals surface area contributed by atoms with Crippen molar-refractivity contribution in [3.05, 3.63) is 29.3 Å². The van der Waals surface area contributed by atoms with Gasteiger partial charge in [-0.25, -0.2) is 0 Å². The average Bonchev–Trinajstić information content (AvgIpc) is 2.50. The Balaban J connectivity index is 2.91. The van der Waals surface area contributed by atoms with Gasteiger partial charge < -0.3 is 14.8 Å². The third kappa shape index (κ3) is 5.65. The minimum absolute atomic E-state index is 0.265. The summed E-state index contributed by atoms with van der Waals surface area (Å²) in [7, 11) is 3.49. The predicted molar refractivity (Wildman–Crippen MR) is 88.1 cm³/mol. The van der Waals surface area contributed by atoms with E-state index in [2.05, 4.69) is 49.2 Å². The molecule has 0 spiro atoms.